The van der Waals surface area contributed by atoms with Crippen LogP contribution < -0.4 is 0 Å². The summed E-state index contributed by atoms with van der Waals surface area (Å²) in [5.41, 5.74) is 1.74. The lowest BCUT2D eigenvalue weighted by molar-refractivity contribution is 0.195. The lowest BCUT2D eigenvalue weighted by Crippen LogP contribution is -2.04. The molecule has 0 aromatic heterocycles. The second kappa shape index (κ2) is 3.68. The van der Waals surface area contributed by atoms with Crippen molar-refractivity contribution in [3.05, 3.63) is 35.1 Å². The molecule has 0 aliphatic heterocycles. The highest BCUT2D eigenvalue weighted by Crippen LogP contribution is 2.10. The van der Waals surface area contributed by atoms with Crippen LogP contribution in [0.25, 0.3) is 0 Å². The van der Waals surface area contributed by atoms with E-state index in [0.717, 1.165) is 11.1 Å². The number of aliphatic hydroxyl groups is 1. The fourth-order valence-electron chi connectivity index (χ4n) is 1.27. The zero-order valence-electron chi connectivity index (χ0n) is 7.34. The topological polar surface area (TPSA) is 20.2 Å². The summed E-state index contributed by atoms with van der Waals surface area (Å²) < 4.78 is 12.8. The maximum atomic E-state index is 12.8. The molecule has 0 spiro atoms. The van der Waals surface area contributed by atoms with Gasteiger partial charge in [-0.15, -0.1) is 0 Å². The number of hydrogen-bond acceptors (Lipinski definition) is 1. The van der Waals surface area contributed by atoms with Gasteiger partial charge in [0, 0.05) is 0 Å². The quantitative estimate of drug-likeness (QED) is 0.716. The molecule has 12 heavy (non-hydrogen) atoms. The number of hydrogen-bond donors (Lipinski definition) is 1. The molecule has 0 aliphatic carbocycles. The molecule has 0 radical (unpaired) electrons. The number of rotatable bonds is 2. The van der Waals surface area contributed by atoms with Crippen LogP contribution in [-0.2, 0) is 6.42 Å². The molecule has 1 rings (SSSR count). The first-order valence-corrected chi connectivity index (χ1v) is 4.02. The van der Waals surface area contributed by atoms with Crippen molar-refractivity contribution in [1.82, 2.24) is 0 Å². The summed E-state index contributed by atoms with van der Waals surface area (Å²) in [4.78, 5) is 0. The molecule has 0 saturated heterocycles. The summed E-state index contributed by atoms with van der Waals surface area (Å²) in [6.07, 6.45) is 0.102. The average molecular weight is 168 g/mol. The summed E-state index contributed by atoms with van der Waals surface area (Å²) in [5, 5.41) is 9.07. The standard InChI is InChI=1S/C10H13FO/c1-7-3-9(5-8(2)12)6-10(11)4-7/h3-4,6,8,12H,5H2,1-2H3. The first-order chi connectivity index (χ1) is 5.58. The van der Waals surface area contributed by atoms with E-state index in [1.165, 1.54) is 12.1 Å². The Morgan fingerprint density at radius 2 is 2.08 bits per heavy atom. The Morgan fingerprint density at radius 3 is 2.58 bits per heavy atom. The zero-order valence-corrected chi connectivity index (χ0v) is 7.34. The number of benzene rings is 1. The van der Waals surface area contributed by atoms with Gasteiger partial charge in [-0.05, 0) is 43.5 Å². The number of halogens is 1. The molecule has 0 bridgehead atoms. The van der Waals surface area contributed by atoms with E-state index in [9.17, 15) is 4.39 Å². The summed E-state index contributed by atoms with van der Waals surface area (Å²) in [7, 11) is 0. The minimum atomic E-state index is -0.411. The van der Waals surface area contributed by atoms with Crippen molar-refractivity contribution in [2.45, 2.75) is 26.4 Å². The third kappa shape index (κ3) is 2.62. The summed E-state index contributed by atoms with van der Waals surface area (Å²) in [6.45, 7) is 3.54. The molecule has 66 valence electrons. The molecule has 1 aromatic carbocycles. The molecule has 0 fully saturated rings. The van der Waals surface area contributed by atoms with Gasteiger partial charge < -0.3 is 5.11 Å². The lowest BCUT2D eigenvalue weighted by atomic mass is 10.1. The van der Waals surface area contributed by atoms with Gasteiger partial charge in [-0.3, -0.25) is 0 Å². The van der Waals surface area contributed by atoms with Crippen molar-refractivity contribution in [1.29, 1.82) is 0 Å². The molecule has 0 aliphatic rings. The van der Waals surface area contributed by atoms with Crippen LogP contribution in [0.3, 0.4) is 0 Å². The van der Waals surface area contributed by atoms with Crippen LogP contribution in [0, 0.1) is 12.7 Å². The molecule has 1 N–H and O–H groups in total. The molecule has 1 nitrogen and oxygen atoms in total. The summed E-state index contributed by atoms with van der Waals surface area (Å²) in [5.74, 6) is -0.231. The first-order valence-electron chi connectivity index (χ1n) is 4.02. The van der Waals surface area contributed by atoms with Crippen LogP contribution in [0.2, 0.25) is 0 Å². The van der Waals surface area contributed by atoms with E-state index in [1.807, 2.05) is 13.0 Å². The Balaban J connectivity index is 2.85. The molecule has 1 atom stereocenters. The van der Waals surface area contributed by atoms with Crippen LogP contribution in [0.4, 0.5) is 4.39 Å². The SMILES string of the molecule is Cc1cc(F)cc(CC(C)O)c1. The number of aliphatic hydroxyl groups excluding tert-OH is 1. The van der Waals surface area contributed by atoms with E-state index in [2.05, 4.69) is 0 Å². The van der Waals surface area contributed by atoms with E-state index in [1.54, 1.807) is 6.92 Å². The van der Waals surface area contributed by atoms with E-state index in [0.29, 0.717) is 6.42 Å². The molecular weight excluding hydrogens is 155 g/mol. The van der Waals surface area contributed by atoms with Gasteiger partial charge in [0.05, 0.1) is 6.10 Å². The monoisotopic (exact) mass is 168 g/mol. The van der Waals surface area contributed by atoms with E-state index >= 15 is 0 Å². The van der Waals surface area contributed by atoms with Crippen LogP contribution in [0.1, 0.15) is 18.1 Å². The highest BCUT2D eigenvalue weighted by Gasteiger charge is 2.01. The van der Waals surface area contributed by atoms with Crippen LogP contribution in [0.5, 0.6) is 0 Å². The third-order valence-electron chi connectivity index (χ3n) is 1.63. The lowest BCUT2D eigenvalue weighted by Gasteiger charge is -2.05. The molecule has 0 saturated carbocycles. The van der Waals surface area contributed by atoms with Gasteiger partial charge in [-0.1, -0.05) is 6.07 Å². The second-order valence-electron chi connectivity index (χ2n) is 3.19. The van der Waals surface area contributed by atoms with Gasteiger partial charge in [0.25, 0.3) is 0 Å². The Bertz CT molecular complexity index is 248. The van der Waals surface area contributed by atoms with Gasteiger partial charge >= 0.3 is 0 Å². The second-order valence-corrected chi connectivity index (χ2v) is 3.19. The summed E-state index contributed by atoms with van der Waals surface area (Å²) in [6, 6.07) is 4.82. The number of aryl methyl sites for hydroxylation is 1. The highest BCUT2D eigenvalue weighted by molar-refractivity contribution is 5.23. The van der Waals surface area contributed by atoms with Gasteiger partial charge in [0.15, 0.2) is 0 Å². The molecule has 0 amide bonds. The van der Waals surface area contributed by atoms with Crippen molar-refractivity contribution in [3.8, 4) is 0 Å². The highest BCUT2D eigenvalue weighted by atomic mass is 19.1. The largest absolute Gasteiger partial charge is 0.393 e. The minimum absolute atomic E-state index is 0.231. The van der Waals surface area contributed by atoms with Gasteiger partial charge in [-0.25, -0.2) is 4.39 Å². The van der Waals surface area contributed by atoms with E-state index in [4.69, 9.17) is 5.11 Å². The first kappa shape index (κ1) is 9.20. The Kier molecular flexibility index (Phi) is 2.82. The minimum Gasteiger partial charge on any atom is -0.393 e. The van der Waals surface area contributed by atoms with Gasteiger partial charge in [-0.2, -0.15) is 0 Å². The molecular formula is C10H13FO. The van der Waals surface area contributed by atoms with Gasteiger partial charge in [0.2, 0.25) is 0 Å². The van der Waals surface area contributed by atoms with Gasteiger partial charge in [0.1, 0.15) is 5.82 Å². The van der Waals surface area contributed by atoms with Crippen molar-refractivity contribution >= 4 is 0 Å². The molecule has 2 heteroatoms. The normalized spacial score (nSPS) is 13.0. The smallest absolute Gasteiger partial charge is 0.123 e. The average Bonchev–Trinajstić information content (AvgIpc) is 1.81. The summed E-state index contributed by atoms with van der Waals surface area (Å²) >= 11 is 0. The van der Waals surface area contributed by atoms with Crippen molar-refractivity contribution in [2.24, 2.45) is 0 Å². The van der Waals surface area contributed by atoms with Crippen molar-refractivity contribution < 1.29 is 9.50 Å². The predicted octanol–water partition coefficient (Wildman–Crippen LogP) is 2.06. The molecule has 1 unspecified atom stereocenters. The van der Waals surface area contributed by atoms with E-state index < -0.39 is 6.10 Å². The molecule has 0 heterocycles. The maximum absolute atomic E-state index is 12.8. The Hall–Kier alpha value is -0.890. The van der Waals surface area contributed by atoms with Crippen LogP contribution in [-0.4, -0.2) is 11.2 Å². The Morgan fingerprint density at radius 1 is 1.42 bits per heavy atom. The van der Waals surface area contributed by atoms with Crippen LogP contribution >= 0.6 is 0 Å². The fraction of sp³-hybridized carbons (Fsp3) is 0.400. The van der Waals surface area contributed by atoms with Crippen molar-refractivity contribution in [2.75, 3.05) is 0 Å². The Labute approximate surface area is 71.9 Å². The van der Waals surface area contributed by atoms with Crippen molar-refractivity contribution in [3.63, 3.8) is 0 Å². The predicted molar refractivity (Wildman–Crippen MR) is 46.5 cm³/mol. The molecule has 1 aromatic rings. The zero-order chi connectivity index (χ0) is 9.14. The maximum Gasteiger partial charge on any atom is 0.123 e. The van der Waals surface area contributed by atoms with E-state index in [-0.39, 0.29) is 5.82 Å². The third-order valence-corrected chi connectivity index (χ3v) is 1.63. The fourth-order valence-corrected chi connectivity index (χ4v) is 1.27. The van der Waals surface area contributed by atoms with Crippen LogP contribution in [0.15, 0.2) is 18.2 Å².